The number of hydrogen-bond acceptors (Lipinski definition) is 1. The first-order valence-electron chi connectivity index (χ1n) is 7.41. The second-order valence-electron chi connectivity index (χ2n) is 5.45. The zero-order valence-corrected chi connectivity index (χ0v) is 12.0. The number of methoxy groups -OCH3 is 1. The van der Waals surface area contributed by atoms with E-state index in [9.17, 15) is 0 Å². The molecular weight excluding hydrogens is 246 g/mol. The van der Waals surface area contributed by atoms with Gasteiger partial charge < -0.3 is 10.1 Å². The summed E-state index contributed by atoms with van der Waals surface area (Å²) < 4.78 is 5.43. The fraction of sp³-hybridized carbons (Fsp3) is 0.333. The van der Waals surface area contributed by atoms with Crippen LogP contribution in [0.5, 0.6) is 5.75 Å². The van der Waals surface area contributed by atoms with Crippen molar-refractivity contribution < 1.29 is 10.1 Å². The van der Waals surface area contributed by atoms with Gasteiger partial charge in [-0.2, -0.15) is 0 Å². The van der Waals surface area contributed by atoms with E-state index in [1.54, 1.807) is 7.11 Å². The van der Waals surface area contributed by atoms with Crippen molar-refractivity contribution in [3.63, 3.8) is 0 Å². The number of hydrogen-bond donors (Lipinski definition) is 1. The lowest BCUT2D eigenvalue weighted by Gasteiger charge is -2.24. The molecule has 2 aromatic rings. The van der Waals surface area contributed by atoms with E-state index in [4.69, 9.17) is 4.74 Å². The van der Waals surface area contributed by atoms with Crippen molar-refractivity contribution in [3.05, 3.63) is 65.2 Å². The molecule has 2 N–H and O–H groups in total. The normalized spacial score (nSPS) is 17.6. The molecule has 0 amide bonds. The van der Waals surface area contributed by atoms with Gasteiger partial charge in [-0.3, -0.25) is 0 Å². The molecule has 1 aliphatic carbocycles. The third-order valence-electron chi connectivity index (χ3n) is 4.23. The third kappa shape index (κ3) is 2.70. The average molecular weight is 268 g/mol. The van der Waals surface area contributed by atoms with Gasteiger partial charge in [0.05, 0.1) is 7.11 Å². The Morgan fingerprint density at radius 3 is 2.80 bits per heavy atom. The van der Waals surface area contributed by atoms with Crippen LogP contribution in [0.15, 0.2) is 48.5 Å². The Morgan fingerprint density at radius 2 is 1.90 bits per heavy atom. The Balaban J connectivity index is 1.73. The molecule has 1 aliphatic rings. The monoisotopic (exact) mass is 268 g/mol. The second kappa shape index (κ2) is 6.10. The Kier molecular flexibility index (Phi) is 4.03. The molecule has 0 saturated carbocycles. The fourth-order valence-electron chi connectivity index (χ4n) is 3.18. The number of rotatable bonds is 4. The van der Waals surface area contributed by atoms with Gasteiger partial charge in [0.2, 0.25) is 0 Å². The first kappa shape index (κ1) is 13.2. The van der Waals surface area contributed by atoms with Gasteiger partial charge in [-0.1, -0.05) is 36.4 Å². The minimum atomic E-state index is 0.588. The summed E-state index contributed by atoms with van der Waals surface area (Å²) >= 11 is 0. The minimum absolute atomic E-state index is 0.588. The molecule has 2 aromatic carbocycles. The van der Waals surface area contributed by atoms with Gasteiger partial charge in [0.1, 0.15) is 18.3 Å². The molecule has 0 aliphatic heterocycles. The van der Waals surface area contributed by atoms with Gasteiger partial charge in [0.25, 0.3) is 0 Å². The van der Waals surface area contributed by atoms with Crippen LogP contribution >= 0.6 is 0 Å². The maximum absolute atomic E-state index is 5.43. The number of fused-ring (bicyclic) bond motifs is 1. The van der Waals surface area contributed by atoms with Crippen LogP contribution in [0.3, 0.4) is 0 Å². The van der Waals surface area contributed by atoms with Crippen LogP contribution in [0.4, 0.5) is 0 Å². The van der Waals surface area contributed by atoms with Gasteiger partial charge in [-0.05, 0) is 30.5 Å². The lowest BCUT2D eigenvalue weighted by Crippen LogP contribution is -2.84. The highest BCUT2D eigenvalue weighted by molar-refractivity contribution is 5.33. The summed E-state index contributed by atoms with van der Waals surface area (Å²) in [7, 11) is 1.74. The Labute approximate surface area is 120 Å². The molecule has 0 radical (unpaired) electrons. The highest BCUT2D eigenvalue weighted by Crippen LogP contribution is 2.27. The molecule has 1 atom stereocenters. The lowest BCUT2D eigenvalue weighted by atomic mass is 9.87. The summed E-state index contributed by atoms with van der Waals surface area (Å²) in [5, 5.41) is 2.45. The van der Waals surface area contributed by atoms with E-state index in [2.05, 4.69) is 41.7 Å². The van der Waals surface area contributed by atoms with Crippen LogP contribution in [0, 0.1) is 0 Å². The summed E-state index contributed by atoms with van der Waals surface area (Å²) in [5.74, 6) is 0.993. The summed E-state index contributed by atoms with van der Waals surface area (Å²) in [6.45, 7) is 0.975. The number of ether oxygens (including phenoxy) is 1. The van der Waals surface area contributed by atoms with Crippen molar-refractivity contribution in [1.82, 2.24) is 0 Å². The largest absolute Gasteiger partial charge is 0.496 e. The summed E-state index contributed by atoms with van der Waals surface area (Å²) in [4.78, 5) is 0. The van der Waals surface area contributed by atoms with Crippen LogP contribution in [-0.4, -0.2) is 7.11 Å². The van der Waals surface area contributed by atoms with Crippen molar-refractivity contribution in [2.75, 3.05) is 7.11 Å². The molecule has 0 fully saturated rings. The predicted molar refractivity (Wildman–Crippen MR) is 80.7 cm³/mol. The zero-order chi connectivity index (χ0) is 13.8. The highest BCUT2D eigenvalue weighted by atomic mass is 16.5. The highest BCUT2D eigenvalue weighted by Gasteiger charge is 2.22. The van der Waals surface area contributed by atoms with Gasteiger partial charge in [-0.25, -0.2) is 0 Å². The smallest absolute Gasteiger partial charge is 0.127 e. The first-order valence-corrected chi connectivity index (χ1v) is 7.41. The third-order valence-corrected chi connectivity index (χ3v) is 4.23. The van der Waals surface area contributed by atoms with Crippen molar-refractivity contribution in [1.29, 1.82) is 0 Å². The maximum atomic E-state index is 5.43. The number of para-hydroxylation sites is 1. The molecule has 20 heavy (non-hydrogen) atoms. The molecule has 0 aromatic heterocycles. The van der Waals surface area contributed by atoms with Crippen molar-refractivity contribution in [3.8, 4) is 5.75 Å². The molecule has 2 heteroatoms. The topological polar surface area (TPSA) is 25.8 Å². The molecule has 2 nitrogen and oxygen atoms in total. The van der Waals surface area contributed by atoms with Gasteiger partial charge >= 0.3 is 0 Å². The molecule has 0 bridgehead atoms. The van der Waals surface area contributed by atoms with Gasteiger partial charge in [-0.15, -0.1) is 0 Å². The molecule has 0 spiro atoms. The molecule has 104 valence electrons. The number of nitrogens with two attached hydrogens (primary N) is 1. The molecule has 0 saturated heterocycles. The van der Waals surface area contributed by atoms with Crippen LogP contribution in [0.2, 0.25) is 0 Å². The van der Waals surface area contributed by atoms with Crippen LogP contribution < -0.4 is 10.1 Å². The average Bonchev–Trinajstić information content (AvgIpc) is 2.53. The number of quaternary nitrogens is 1. The lowest BCUT2D eigenvalue weighted by molar-refractivity contribution is -0.712. The summed E-state index contributed by atoms with van der Waals surface area (Å²) in [6.07, 6.45) is 3.80. The van der Waals surface area contributed by atoms with E-state index in [-0.39, 0.29) is 0 Å². The summed E-state index contributed by atoms with van der Waals surface area (Å²) in [6, 6.07) is 17.8. The fourth-order valence-corrected chi connectivity index (χ4v) is 3.18. The predicted octanol–water partition coefficient (Wildman–Crippen LogP) is 2.84. The molecular formula is C18H22NO+. The standard InChI is InChI=1S/C18H21NO/c1-20-18-12-5-3-8-15(18)13-19-17-11-6-9-14-7-2-4-10-16(14)17/h2-5,7-8,10,12,17,19H,6,9,11,13H2,1H3/p+1/t17-/m0/s1. The van der Waals surface area contributed by atoms with Crippen LogP contribution in [0.25, 0.3) is 0 Å². The van der Waals surface area contributed by atoms with E-state index < -0.39 is 0 Å². The van der Waals surface area contributed by atoms with E-state index in [1.807, 2.05) is 12.1 Å². The Bertz CT molecular complexity index is 579. The number of benzene rings is 2. The van der Waals surface area contributed by atoms with Crippen LogP contribution in [0.1, 0.15) is 35.6 Å². The van der Waals surface area contributed by atoms with E-state index in [1.165, 1.54) is 36.0 Å². The van der Waals surface area contributed by atoms with Crippen LogP contribution in [-0.2, 0) is 13.0 Å². The number of aryl methyl sites for hydroxylation is 1. The van der Waals surface area contributed by atoms with Crippen molar-refractivity contribution in [2.24, 2.45) is 0 Å². The van der Waals surface area contributed by atoms with Gasteiger partial charge in [0.15, 0.2) is 0 Å². The SMILES string of the molecule is COc1ccccc1C[NH2+][C@H]1CCCc2ccccc21. The molecule has 0 heterocycles. The van der Waals surface area contributed by atoms with E-state index >= 15 is 0 Å². The quantitative estimate of drug-likeness (QED) is 0.906. The zero-order valence-electron chi connectivity index (χ0n) is 12.0. The first-order chi connectivity index (χ1) is 9.88. The van der Waals surface area contributed by atoms with Crippen molar-refractivity contribution >= 4 is 0 Å². The van der Waals surface area contributed by atoms with E-state index in [0.29, 0.717) is 6.04 Å². The van der Waals surface area contributed by atoms with Crippen molar-refractivity contribution in [2.45, 2.75) is 31.8 Å². The Hall–Kier alpha value is -1.80. The molecule has 0 unspecified atom stereocenters. The molecule has 3 rings (SSSR count). The Morgan fingerprint density at radius 1 is 1.10 bits per heavy atom. The van der Waals surface area contributed by atoms with E-state index in [0.717, 1.165) is 12.3 Å². The summed E-state index contributed by atoms with van der Waals surface area (Å²) in [5.41, 5.74) is 4.33. The van der Waals surface area contributed by atoms with Gasteiger partial charge in [0, 0.05) is 17.5 Å². The second-order valence-corrected chi connectivity index (χ2v) is 5.45. The minimum Gasteiger partial charge on any atom is -0.496 e. The maximum Gasteiger partial charge on any atom is 0.127 e.